The third-order valence-corrected chi connectivity index (χ3v) is 5.59. The topological polar surface area (TPSA) is 50.7 Å². The Morgan fingerprint density at radius 2 is 2.00 bits per heavy atom. The molecule has 6 nitrogen and oxygen atoms in total. The number of nitrogens with zero attached hydrogens (tertiary/aromatic N) is 4. The van der Waals surface area contributed by atoms with Crippen molar-refractivity contribution in [2.75, 3.05) is 49.7 Å². The molecular weight excluding hydrogens is 324 g/mol. The summed E-state index contributed by atoms with van der Waals surface area (Å²) in [6, 6.07) is 8.30. The van der Waals surface area contributed by atoms with Gasteiger partial charge in [0.2, 0.25) is 5.13 Å². The molecule has 1 spiro atoms. The van der Waals surface area contributed by atoms with Crippen LogP contribution >= 0.6 is 11.3 Å². The molecule has 4 rings (SSSR count). The van der Waals surface area contributed by atoms with Crippen LogP contribution in [0.2, 0.25) is 0 Å². The van der Waals surface area contributed by atoms with Crippen molar-refractivity contribution in [3.63, 3.8) is 0 Å². The van der Waals surface area contributed by atoms with Crippen LogP contribution in [0.1, 0.15) is 12.8 Å². The minimum Gasteiger partial charge on any atom is -0.497 e. The Kier molecular flexibility index (Phi) is 4.28. The summed E-state index contributed by atoms with van der Waals surface area (Å²) < 4.78 is 11.5. The van der Waals surface area contributed by atoms with Gasteiger partial charge < -0.3 is 19.3 Å². The summed E-state index contributed by atoms with van der Waals surface area (Å²) in [5.74, 6) is 0.891. The molecule has 1 aromatic carbocycles. The number of aromatic nitrogens is 2. The van der Waals surface area contributed by atoms with Crippen LogP contribution in [0.5, 0.6) is 5.75 Å². The molecular formula is C17H22N4O2S. The summed E-state index contributed by atoms with van der Waals surface area (Å²) in [4.78, 5) is 4.74. The van der Waals surface area contributed by atoms with Gasteiger partial charge in [0, 0.05) is 25.3 Å². The Morgan fingerprint density at radius 3 is 2.75 bits per heavy atom. The van der Waals surface area contributed by atoms with Gasteiger partial charge in [-0.25, -0.2) is 0 Å². The molecule has 0 saturated carbocycles. The van der Waals surface area contributed by atoms with Crippen LogP contribution in [0.15, 0.2) is 29.8 Å². The van der Waals surface area contributed by atoms with Gasteiger partial charge in [-0.3, -0.25) is 0 Å². The first-order valence-corrected chi connectivity index (χ1v) is 9.20. The van der Waals surface area contributed by atoms with E-state index in [1.807, 2.05) is 12.1 Å². The van der Waals surface area contributed by atoms with Gasteiger partial charge in [0.15, 0.2) is 0 Å². The maximum absolute atomic E-state index is 6.28. The zero-order valence-electron chi connectivity index (χ0n) is 13.9. The van der Waals surface area contributed by atoms with Gasteiger partial charge >= 0.3 is 0 Å². The van der Waals surface area contributed by atoms with E-state index in [1.165, 1.54) is 5.69 Å². The SMILES string of the molecule is COc1ccc(N2CCCC3(C2)CN(c2nncs2)CCO3)cc1. The van der Waals surface area contributed by atoms with Gasteiger partial charge in [-0.05, 0) is 37.1 Å². The second kappa shape index (κ2) is 6.57. The van der Waals surface area contributed by atoms with E-state index < -0.39 is 0 Å². The van der Waals surface area contributed by atoms with Crippen molar-refractivity contribution in [3.05, 3.63) is 29.8 Å². The van der Waals surface area contributed by atoms with Crippen molar-refractivity contribution in [2.24, 2.45) is 0 Å². The van der Waals surface area contributed by atoms with Gasteiger partial charge in [-0.15, -0.1) is 10.2 Å². The molecule has 2 fully saturated rings. The summed E-state index contributed by atoms with van der Waals surface area (Å²) in [7, 11) is 1.70. The predicted molar refractivity (Wildman–Crippen MR) is 95.2 cm³/mol. The van der Waals surface area contributed by atoms with Gasteiger partial charge in [0.25, 0.3) is 0 Å². The Bertz CT molecular complexity index is 660. The molecule has 1 atom stereocenters. The van der Waals surface area contributed by atoms with Crippen LogP contribution < -0.4 is 14.5 Å². The molecule has 2 saturated heterocycles. The highest BCUT2D eigenvalue weighted by atomic mass is 32.1. The Labute approximate surface area is 146 Å². The Hall–Kier alpha value is -1.86. The van der Waals surface area contributed by atoms with E-state index in [4.69, 9.17) is 9.47 Å². The second-order valence-corrected chi connectivity index (χ2v) is 7.21. The first-order valence-electron chi connectivity index (χ1n) is 8.32. The zero-order chi connectivity index (χ0) is 16.4. The van der Waals surface area contributed by atoms with E-state index in [0.29, 0.717) is 0 Å². The maximum atomic E-state index is 6.28. The molecule has 128 valence electrons. The molecule has 2 aliphatic rings. The molecule has 1 aromatic heterocycles. The Balaban J connectivity index is 1.50. The summed E-state index contributed by atoms with van der Waals surface area (Å²) in [6.45, 7) is 4.50. The number of piperidine rings is 1. The van der Waals surface area contributed by atoms with Gasteiger partial charge in [-0.1, -0.05) is 11.3 Å². The van der Waals surface area contributed by atoms with Gasteiger partial charge in [0.1, 0.15) is 16.9 Å². The minimum absolute atomic E-state index is 0.123. The van der Waals surface area contributed by atoms with E-state index in [0.717, 1.165) is 56.5 Å². The average Bonchev–Trinajstić information content (AvgIpc) is 3.17. The molecule has 0 amide bonds. The monoisotopic (exact) mass is 346 g/mol. The highest BCUT2D eigenvalue weighted by molar-refractivity contribution is 7.13. The van der Waals surface area contributed by atoms with E-state index in [-0.39, 0.29) is 5.60 Å². The molecule has 2 aromatic rings. The highest BCUT2D eigenvalue weighted by Crippen LogP contribution is 2.34. The number of methoxy groups -OCH3 is 1. The minimum atomic E-state index is -0.123. The standard InChI is InChI=1S/C17H22N4O2S/c1-22-15-5-3-14(4-6-15)20-8-2-7-17(11-20)12-21(9-10-23-17)16-19-18-13-24-16/h3-6,13H,2,7-12H2,1H3. The van der Waals surface area contributed by atoms with Crippen molar-refractivity contribution in [3.8, 4) is 5.75 Å². The second-order valence-electron chi connectivity index (χ2n) is 6.40. The van der Waals surface area contributed by atoms with Crippen LogP contribution in [0.4, 0.5) is 10.8 Å². The largest absolute Gasteiger partial charge is 0.497 e. The fourth-order valence-corrected chi connectivity index (χ4v) is 4.26. The normalized spacial score (nSPS) is 24.4. The maximum Gasteiger partial charge on any atom is 0.208 e. The van der Waals surface area contributed by atoms with E-state index >= 15 is 0 Å². The van der Waals surface area contributed by atoms with Crippen LogP contribution in [0.3, 0.4) is 0 Å². The lowest BCUT2D eigenvalue weighted by molar-refractivity contribution is -0.0629. The van der Waals surface area contributed by atoms with Gasteiger partial charge in [-0.2, -0.15) is 0 Å². The van der Waals surface area contributed by atoms with E-state index in [9.17, 15) is 0 Å². The molecule has 0 bridgehead atoms. The molecule has 1 unspecified atom stereocenters. The highest BCUT2D eigenvalue weighted by Gasteiger charge is 2.41. The van der Waals surface area contributed by atoms with E-state index in [2.05, 4.69) is 32.1 Å². The van der Waals surface area contributed by atoms with E-state index in [1.54, 1.807) is 24.0 Å². The van der Waals surface area contributed by atoms with Crippen molar-refractivity contribution in [2.45, 2.75) is 18.4 Å². The number of benzene rings is 1. The molecule has 2 aliphatic heterocycles. The van der Waals surface area contributed by atoms with Gasteiger partial charge in [0.05, 0.1) is 20.3 Å². The number of hydrogen-bond acceptors (Lipinski definition) is 7. The molecule has 0 N–H and O–H groups in total. The number of ether oxygens (including phenoxy) is 2. The van der Waals surface area contributed by atoms with Crippen molar-refractivity contribution >= 4 is 22.2 Å². The van der Waals surface area contributed by atoms with Crippen LogP contribution in [-0.4, -0.2) is 55.7 Å². The van der Waals surface area contributed by atoms with Crippen molar-refractivity contribution in [1.29, 1.82) is 0 Å². The molecule has 0 radical (unpaired) electrons. The quantitative estimate of drug-likeness (QED) is 0.851. The Morgan fingerprint density at radius 1 is 1.17 bits per heavy atom. The number of morpholine rings is 1. The van der Waals surface area contributed by atoms with Crippen LogP contribution in [-0.2, 0) is 4.74 Å². The molecule has 7 heteroatoms. The smallest absolute Gasteiger partial charge is 0.208 e. The van der Waals surface area contributed by atoms with Crippen molar-refractivity contribution < 1.29 is 9.47 Å². The van der Waals surface area contributed by atoms with Crippen LogP contribution in [0.25, 0.3) is 0 Å². The number of hydrogen-bond donors (Lipinski definition) is 0. The number of rotatable bonds is 3. The fraction of sp³-hybridized carbons (Fsp3) is 0.529. The molecule has 3 heterocycles. The number of anilines is 2. The molecule has 24 heavy (non-hydrogen) atoms. The predicted octanol–water partition coefficient (Wildman–Crippen LogP) is 2.42. The molecule has 0 aliphatic carbocycles. The summed E-state index contributed by atoms with van der Waals surface area (Å²) >= 11 is 1.60. The lowest BCUT2D eigenvalue weighted by atomic mass is 9.90. The summed E-state index contributed by atoms with van der Waals surface area (Å²) in [5, 5.41) is 9.20. The summed E-state index contributed by atoms with van der Waals surface area (Å²) in [5.41, 5.74) is 2.90. The first kappa shape index (κ1) is 15.7. The first-order chi connectivity index (χ1) is 11.8. The zero-order valence-corrected chi connectivity index (χ0v) is 14.7. The fourth-order valence-electron chi connectivity index (χ4n) is 3.67. The third kappa shape index (κ3) is 3.06. The van der Waals surface area contributed by atoms with Crippen LogP contribution in [0, 0.1) is 0 Å². The third-order valence-electron chi connectivity index (χ3n) is 4.84. The lowest BCUT2D eigenvalue weighted by Gasteiger charge is -2.48. The summed E-state index contributed by atoms with van der Waals surface area (Å²) in [6.07, 6.45) is 2.23. The van der Waals surface area contributed by atoms with Crippen molar-refractivity contribution in [1.82, 2.24) is 10.2 Å². The average molecular weight is 346 g/mol. The lowest BCUT2D eigenvalue weighted by Crippen LogP contribution is -2.60.